The van der Waals surface area contributed by atoms with Crippen LogP contribution >= 0.6 is 0 Å². The van der Waals surface area contributed by atoms with Gasteiger partial charge in [0.1, 0.15) is 0 Å². The first-order valence-corrected chi connectivity index (χ1v) is 8.79. The van der Waals surface area contributed by atoms with Crippen LogP contribution in [0.2, 0.25) is 0 Å². The van der Waals surface area contributed by atoms with Crippen LogP contribution in [0.3, 0.4) is 0 Å². The first kappa shape index (κ1) is 15.1. The summed E-state index contributed by atoms with van der Waals surface area (Å²) in [6.07, 6.45) is 7.07. The quantitative estimate of drug-likeness (QED) is 0.834. The normalized spacial score (nSPS) is 27.0. The van der Waals surface area contributed by atoms with Gasteiger partial charge < -0.3 is 14.4 Å². The van der Waals surface area contributed by atoms with E-state index < -0.39 is 5.79 Å². The Bertz CT molecular complexity index is 592. The second-order valence-corrected chi connectivity index (χ2v) is 6.99. The first-order chi connectivity index (χ1) is 11.2. The number of amides is 1. The van der Waals surface area contributed by atoms with Gasteiger partial charge in [-0.3, -0.25) is 9.48 Å². The number of nitrogens with zero attached hydrogens (tertiary/aromatic N) is 3. The number of hydrogen-bond acceptors (Lipinski definition) is 4. The lowest BCUT2D eigenvalue weighted by molar-refractivity contribution is -0.189. The van der Waals surface area contributed by atoms with E-state index in [2.05, 4.69) is 5.10 Å². The van der Waals surface area contributed by atoms with E-state index in [1.807, 2.05) is 16.5 Å². The minimum absolute atomic E-state index is 0.124. The van der Waals surface area contributed by atoms with Crippen LogP contribution in [-0.2, 0) is 22.4 Å². The van der Waals surface area contributed by atoms with Gasteiger partial charge in [0.15, 0.2) is 5.79 Å². The molecule has 0 saturated carbocycles. The second kappa shape index (κ2) is 5.91. The summed E-state index contributed by atoms with van der Waals surface area (Å²) in [5, 5.41) is 4.40. The number of rotatable bonds is 2. The number of fused-ring (bicyclic) bond motifs is 1. The zero-order valence-corrected chi connectivity index (χ0v) is 13.8. The molecule has 6 nitrogen and oxygen atoms in total. The molecule has 1 aromatic rings. The molecule has 3 aliphatic heterocycles. The minimum atomic E-state index is -0.530. The fourth-order valence-corrected chi connectivity index (χ4v) is 4.13. The fraction of sp³-hybridized carbons (Fsp3) is 0.765. The summed E-state index contributed by atoms with van der Waals surface area (Å²) in [4.78, 5) is 15.0. The number of aromatic nitrogens is 2. The van der Waals surface area contributed by atoms with Gasteiger partial charge in [0, 0.05) is 25.6 Å². The maximum atomic E-state index is 13.0. The predicted molar refractivity (Wildman–Crippen MR) is 84.1 cm³/mol. The van der Waals surface area contributed by atoms with Gasteiger partial charge in [-0.1, -0.05) is 0 Å². The van der Waals surface area contributed by atoms with E-state index in [0.717, 1.165) is 56.5 Å². The van der Waals surface area contributed by atoms with Crippen molar-refractivity contribution < 1.29 is 14.3 Å². The maximum absolute atomic E-state index is 13.0. The van der Waals surface area contributed by atoms with Crippen molar-refractivity contribution in [3.63, 3.8) is 0 Å². The molecule has 126 valence electrons. The summed E-state index contributed by atoms with van der Waals surface area (Å²) in [5.74, 6) is -0.161. The Balaban J connectivity index is 1.51. The highest BCUT2D eigenvalue weighted by molar-refractivity contribution is 5.95. The van der Waals surface area contributed by atoms with E-state index in [-0.39, 0.29) is 11.8 Å². The molecule has 0 N–H and O–H groups in total. The summed E-state index contributed by atoms with van der Waals surface area (Å²) < 4.78 is 13.6. The van der Waals surface area contributed by atoms with Gasteiger partial charge in [0.25, 0.3) is 5.91 Å². The van der Waals surface area contributed by atoms with Gasteiger partial charge in [-0.25, -0.2) is 0 Å². The van der Waals surface area contributed by atoms with Crippen LogP contribution in [-0.4, -0.2) is 52.7 Å². The summed E-state index contributed by atoms with van der Waals surface area (Å²) in [5.41, 5.74) is 1.91. The lowest BCUT2D eigenvalue weighted by atomic mass is 9.90. The Kier molecular flexibility index (Phi) is 3.89. The zero-order valence-electron chi connectivity index (χ0n) is 13.8. The lowest BCUT2D eigenvalue weighted by Crippen LogP contribution is -2.48. The maximum Gasteiger partial charge on any atom is 0.257 e. The Labute approximate surface area is 136 Å². The van der Waals surface area contributed by atoms with Crippen LogP contribution in [0.4, 0.5) is 0 Å². The fourth-order valence-electron chi connectivity index (χ4n) is 4.13. The number of carbonyl (C=O) groups excluding carboxylic acids is 1. The van der Waals surface area contributed by atoms with E-state index in [4.69, 9.17) is 9.47 Å². The average molecular weight is 319 g/mol. The zero-order chi connectivity index (χ0) is 15.9. The summed E-state index contributed by atoms with van der Waals surface area (Å²) in [6.45, 7) is 5.77. The molecule has 0 spiro atoms. The molecule has 23 heavy (non-hydrogen) atoms. The van der Waals surface area contributed by atoms with Crippen molar-refractivity contribution >= 4 is 5.91 Å². The molecule has 0 radical (unpaired) electrons. The van der Waals surface area contributed by atoms with Crippen molar-refractivity contribution in [1.82, 2.24) is 14.7 Å². The molecule has 1 aromatic heterocycles. The summed E-state index contributed by atoms with van der Waals surface area (Å²) >= 11 is 0. The molecule has 1 amide bonds. The summed E-state index contributed by atoms with van der Waals surface area (Å²) in [6, 6.07) is 0. The predicted octanol–water partition coefficient (Wildman–Crippen LogP) is 1.83. The molecule has 2 saturated heterocycles. The highest BCUT2D eigenvalue weighted by Crippen LogP contribution is 2.34. The van der Waals surface area contributed by atoms with Gasteiger partial charge in [0.05, 0.1) is 30.7 Å². The third-order valence-electron chi connectivity index (χ3n) is 5.52. The van der Waals surface area contributed by atoms with E-state index in [1.165, 1.54) is 0 Å². The van der Waals surface area contributed by atoms with Crippen LogP contribution in [0.5, 0.6) is 0 Å². The molecule has 6 heteroatoms. The molecule has 0 aromatic carbocycles. The molecule has 3 aliphatic rings. The Hall–Kier alpha value is -1.40. The number of likely N-dealkylation sites (tertiary alicyclic amines) is 1. The molecular weight excluding hydrogens is 294 g/mol. The smallest absolute Gasteiger partial charge is 0.257 e. The van der Waals surface area contributed by atoms with Gasteiger partial charge in [-0.2, -0.15) is 5.10 Å². The monoisotopic (exact) mass is 319 g/mol. The van der Waals surface area contributed by atoms with Crippen LogP contribution < -0.4 is 0 Å². The minimum Gasteiger partial charge on any atom is -0.347 e. The molecule has 4 rings (SSSR count). The largest absolute Gasteiger partial charge is 0.347 e. The molecule has 1 atom stereocenters. The van der Waals surface area contributed by atoms with Crippen LogP contribution in [0, 0.1) is 5.92 Å². The molecule has 4 heterocycles. The van der Waals surface area contributed by atoms with Crippen molar-refractivity contribution in [2.75, 3.05) is 26.3 Å². The SMILES string of the molecule is CC1([C@H]2CCCN(C(=O)c3cnn4c3CCCC4)C2)OCCO1. The Morgan fingerprint density at radius 1 is 1.26 bits per heavy atom. The second-order valence-electron chi connectivity index (χ2n) is 6.99. The van der Waals surface area contributed by atoms with Crippen LogP contribution in [0.15, 0.2) is 6.20 Å². The molecular formula is C17H25N3O3. The summed E-state index contributed by atoms with van der Waals surface area (Å²) in [7, 11) is 0. The molecule has 2 fully saturated rings. The number of carbonyl (C=O) groups is 1. The van der Waals surface area contributed by atoms with Gasteiger partial charge in [-0.15, -0.1) is 0 Å². The molecule has 0 unspecified atom stereocenters. The van der Waals surface area contributed by atoms with Crippen molar-refractivity contribution in [2.24, 2.45) is 5.92 Å². The molecule has 0 aliphatic carbocycles. The highest BCUT2D eigenvalue weighted by atomic mass is 16.7. The third kappa shape index (κ3) is 2.68. The first-order valence-electron chi connectivity index (χ1n) is 8.79. The topological polar surface area (TPSA) is 56.6 Å². The van der Waals surface area contributed by atoms with Crippen LogP contribution in [0.25, 0.3) is 0 Å². The Morgan fingerprint density at radius 3 is 2.91 bits per heavy atom. The van der Waals surface area contributed by atoms with Crippen molar-refractivity contribution in [3.8, 4) is 0 Å². The van der Waals surface area contributed by atoms with E-state index in [1.54, 1.807) is 6.20 Å². The van der Waals surface area contributed by atoms with Crippen LogP contribution in [0.1, 0.15) is 48.7 Å². The van der Waals surface area contributed by atoms with Gasteiger partial charge in [-0.05, 0) is 39.0 Å². The number of hydrogen-bond donors (Lipinski definition) is 0. The van der Waals surface area contributed by atoms with Gasteiger partial charge in [0.2, 0.25) is 0 Å². The number of ether oxygens (including phenoxy) is 2. The molecule has 0 bridgehead atoms. The van der Waals surface area contributed by atoms with E-state index in [9.17, 15) is 4.79 Å². The Morgan fingerprint density at radius 2 is 2.09 bits per heavy atom. The lowest BCUT2D eigenvalue weighted by Gasteiger charge is -2.40. The van der Waals surface area contributed by atoms with Crippen molar-refractivity contribution in [3.05, 3.63) is 17.5 Å². The van der Waals surface area contributed by atoms with Crippen molar-refractivity contribution in [1.29, 1.82) is 0 Å². The highest BCUT2D eigenvalue weighted by Gasteiger charge is 2.43. The average Bonchev–Trinajstić information content (AvgIpc) is 3.21. The van der Waals surface area contributed by atoms with E-state index in [0.29, 0.717) is 19.8 Å². The number of aryl methyl sites for hydroxylation is 1. The number of piperidine rings is 1. The standard InChI is InChI=1S/C17H25N3O3/c1-17(22-9-10-23-17)13-5-4-7-19(12-13)16(21)14-11-18-20-8-3-2-6-15(14)20/h11,13H,2-10,12H2,1H3/t13-/m0/s1. The third-order valence-corrected chi connectivity index (χ3v) is 5.52. The van der Waals surface area contributed by atoms with E-state index >= 15 is 0 Å². The van der Waals surface area contributed by atoms with Gasteiger partial charge >= 0.3 is 0 Å². The van der Waals surface area contributed by atoms with Crippen molar-refractivity contribution in [2.45, 2.75) is 51.4 Å².